The van der Waals surface area contributed by atoms with Gasteiger partial charge in [0.15, 0.2) is 0 Å². The van der Waals surface area contributed by atoms with Crippen molar-refractivity contribution in [2.75, 3.05) is 18.5 Å². The average Bonchev–Trinajstić information content (AvgIpc) is 2.38. The second-order valence-electron chi connectivity index (χ2n) is 4.18. The van der Waals surface area contributed by atoms with Crippen LogP contribution in [0.4, 0.5) is 5.69 Å². The minimum absolute atomic E-state index is 0.274. The Bertz CT molecular complexity index is 422. The first-order valence-electron chi connectivity index (χ1n) is 5.85. The minimum Gasteiger partial charge on any atom is -0.381 e. The van der Waals surface area contributed by atoms with Gasteiger partial charge in [-0.25, -0.2) is 0 Å². The zero-order valence-corrected chi connectivity index (χ0v) is 10.3. The zero-order chi connectivity index (χ0) is 12.1. The fourth-order valence-electron chi connectivity index (χ4n) is 1.92. The van der Waals surface area contributed by atoms with Crippen molar-refractivity contribution in [3.8, 4) is 6.07 Å². The molecule has 0 aliphatic carbocycles. The molecule has 0 amide bonds. The molecule has 1 heterocycles. The lowest BCUT2D eigenvalue weighted by molar-refractivity contribution is 0.0247. The summed E-state index contributed by atoms with van der Waals surface area (Å²) in [6, 6.07) is 7.33. The molecule has 3 nitrogen and oxygen atoms in total. The van der Waals surface area contributed by atoms with Crippen LogP contribution in [0.15, 0.2) is 18.2 Å². The van der Waals surface area contributed by atoms with Crippen molar-refractivity contribution in [3.05, 3.63) is 28.8 Å². The molecule has 0 spiro atoms. The Balaban J connectivity index is 1.92. The van der Waals surface area contributed by atoms with Crippen LogP contribution in [0.25, 0.3) is 0 Å². The monoisotopic (exact) mass is 250 g/mol. The molecule has 1 aliphatic heterocycles. The summed E-state index contributed by atoms with van der Waals surface area (Å²) in [6.07, 6.45) is 3.76. The van der Waals surface area contributed by atoms with Crippen molar-refractivity contribution in [1.82, 2.24) is 0 Å². The van der Waals surface area contributed by atoms with E-state index in [1.165, 1.54) is 6.42 Å². The van der Waals surface area contributed by atoms with Gasteiger partial charge >= 0.3 is 0 Å². The van der Waals surface area contributed by atoms with Crippen molar-refractivity contribution in [1.29, 1.82) is 5.26 Å². The number of rotatable bonds is 3. The highest BCUT2D eigenvalue weighted by molar-refractivity contribution is 6.33. The predicted molar refractivity (Wildman–Crippen MR) is 68.2 cm³/mol. The molecule has 0 aromatic heterocycles. The van der Waals surface area contributed by atoms with Crippen molar-refractivity contribution in [3.63, 3.8) is 0 Å². The van der Waals surface area contributed by atoms with Gasteiger partial charge in [0.25, 0.3) is 0 Å². The van der Waals surface area contributed by atoms with Crippen molar-refractivity contribution in [2.45, 2.75) is 25.4 Å². The second kappa shape index (κ2) is 5.90. The Hall–Kier alpha value is -1.24. The van der Waals surface area contributed by atoms with Gasteiger partial charge < -0.3 is 10.1 Å². The first kappa shape index (κ1) is 12.2. The molecule has 17 heavy (non-hydrogen) atoms. The third-order valence-corrected chi connectivity index (χ3v) is 3.21. The highest BCUT2D eigenvalue weighted by atomic mass is 35.5. The molecule has 1 unspecified atom stereocenters. The van der Waals surface area contributed by atoms with E-state index in [2.05, 4.69) is 11.4 Å². The molecule has 1 atom stereocenters. The summed E-state index contributed by atoms with van der Waals surface area (Å²) in [4.78, 5) is 0. The molecule has 0 saturated carbocycles. The topological polar surface area (TPSA) is 45.0 Å². The Morgan fingerprint density at radius 3 is 3.00 bits per heavy atom. The number of nitrogens with zero attached hydrogens (tertiary/aromatic N) is 1. The molecule has 1 aliphatic rings. The normalized spacial score (nSPS) is 19.6. The van der Waals surface area contributed by atoms with Crippen LogP contribution < -0.4 is 5.32 Å². The Morgan fingerprint density at radius 2 is 2.35 bits per heavy atom. The highest BCUT2D eigenvalue weighted by Crippen LogP contribution is 2.23. The van der Waals surface area contributed by atoms with Crippen molar-refractivity contribution >= 4 is 17.3 Å². The predicted octanol–water partition coefficient (Wildman–Crippen LogP) is 3.19. The SMILES string of the molecule is N#Cc1ccc(NCC2CCCCO2)c(Cl)c1. The van der Waals surface area contributed by atoms with Gasteiger partial charge in [0.1, 0.15) is 0 Å². The van der Waals surface area contributed by atoms with Crippen LogP contribution in [-0.4, -0.2) is 19.3 Å². The molecule has 1 saturated heterocycles. The standard InChI is InChI=1S/C13H15ClN2O/c14-12-7-10(8-15)4-5-13(12)16-9-11-3-1-2-6-17-11/h4-5,7,11,16H,1-3,6,9H2. The van der Waals surface area contributed by atoms with Gasteiger partial charge in [-0.2, -0.15) is 5.26 Å². The number of ether oxygens (including phenoxy) is 1. The fraction of sp³-hybridized carbons (Fsp3) is 0.462. The van der Waals surface area contributed by atoms with Crippen LogP contribution in [0.1, 0.15) is 24.8 Å². The summed E-state index contributed by atoms with van der Waals surface area (Å²) in [6.45, 7) is 1.62. The van der Waals surface area contributed by atoms with E-state index in [1.54, 1.807) is 12.1 Å². The van der Waals surface area contributed by atoms with E-state index in [1.807, 2.05) is 6.07 Å². The summed E-state index contributed by atoms with van der Waals surface area (Å²) in [5.74, 6) is 0. The van der Waals surface area contributed by atoms with Gasteiger partial charge in [0.2, 0.25) is 0 Å². The Morgan fingerprint density at radius 1 is 1.47 bits per heavy atom. The smallest absolute Gasteiger partial charge is 0.0992 e. The first-order chi connectivity index (χ1) is 8.29. The molecule has 0 bridgehead atoms. The summed E-state index contributed by atoms with van der Waals surface area (Å²) in [7, 11) is 0. The minimum atomic E-state index is 0.274. The van der Waals surface area contributed by atoms with Crippen LogP contribution in [-0.2, 0) is 4.74 Å². The van der Waals surface area contributed by atoms with Crippen LogP contribution in [0.5, 0.6) is 0 Å². The molecular formula is C13H15ClN2O. The number of anilines is 1. The molecule has 1 aromatic carbocycles. The highest BCUT2D eigenvalue weighted by Gasteiger charge is 2.13. The number of hydrogen-bond acceptors (Lipinski definition) is 3. The number of nitriles is 1. The maximum Gasteiger partial charge on any atom is 0.0992 e. The maximum atomic E-state index is 8.74. The Kier molecular flexibility index (Phi) is 4.24. The summed E-state index contributed by atoms with van der Waals surface area (Å²) < 4.78 is 5.63. The quantitative estimate of drug-likeness (QED) is 0.896. The first-order valence-corrected chi connectivity index (χ1v) is 6.22. The summed E-state index contributed by atoms with van der Waals surface area (Å²) in [5.41, 5.74) is 1.44. The van der Waals surface area contributed by atoms with Crippen molar-refractivity contribution in [2.24, 2.45) is 0 Å². The molecule has 1 aromatic rings. The van der Waals surface area contributed by atoms with Gasteiger partial charge in [-0.3, -0.25) is 0 Å². The molecule has 0 radical (unpaired) electrons. The number of benzene rings is 1. The largest absolute Gasteiger partial charge is 0.381 e. The van der Waals surface area contributed by atoms with Gasteiger partial charge in [-0.15, -0.1) is 0 Å². The zero-order valence-electron chi connectivity index (χ0n) is 9.58. The number of hydrogen-bond donors (Lipinski definition) is 1. The van der Waals surface area contributed by atoms with E-state index in [9.17, 15) is 0 Å². The number of nitrogens with one attached hydrogen (secondary N) is 1. The lowest BCUT2D eigenvalue weighted by atomic mass is 10.1. The van der Waals surface area contributed by atoms with Crippen LogP contribution in [0.2, 0.25) is 5.02 Å². The summed E-state index contributed by atoms with van der Waals surface area (Å²) >= 11 is 6.07. The third kappa shape index (κ3) is 3.36. The lowest BCUT2D eigenvalue weighted by Gasteiger charge is -2.23. The second-order valence-corrected chi connectivity index (χ2v) is 4.58. The van der Waals surface area contributed by atoms with Gasteiger partial charge in [-0.1, -0.05) is 11.6 Å². The van der Waals surface area contributed by atoms with Crippen LogP contribution >= 0.6 is 11.6 Å². The summed E-state index contributed by atoms with van der Waals surface area (Å²) in [5, 5.41) is 12.6. The molecule has 4 heteroatoms. The average molecular weight is 251 g/mol. The van der Waals surface area contributed by atoms with E-state index in [0.29, 0.717) is 10.6 Å². The van der Waals surface area contributed by atoms with E-state index in [0.717, 1.165) is 31.7 Å². The van der Waals surface area contributed by atoms with Gasteiger partial charge in [0.05, 0.1) is 28.4 Å². The molecule has 90 valence electrons. The van der Waals surface area contributed by atoms with Crippen LogP contribution in [0, 0.1) is 11.3 Å². The van der Waals surface area contributed by atoms with Crippen LogP contribution in [0.3, 0.4) is 0 Å². The third-order valence-electron chi connectivity index (χ3n) is 2.89. The van der Waals surface area contributed by atoms with Gasteiger partial charge in [0, 0.05) is 13.2 Å². The van der Waals surface area contributed by atoms with E-state index < -0.39 is 0 Å². The van der Waals surface area contributed by atoms with Gasteiger partial charge in [-0.05, 0) is 37.5 Å². The molecule has 1 fully saturated rings. The molecule has 1 N–H and O–H groups in total. The molecular weight excluding hydrogens is 236 g/mol. The van der Waals surface area contributed by atoms with Crippen molar-refractivity contribution < 1.29 is 4.74 Å². The van der Waals surface area contributed by atoms with E-state index in [-0.39, 0.29) is 6.10 Å². The molecule has 2 rings (SSSR count). The maximum absolute atomic E-state index is 8.74. The van der Waals surface area contributed by atoms with E-state index in [4.69, 9.17) is 21.6 Å². The Labute approximate surface area is 106 Å². The lowest BCUT2D eigenvalue weighted by Crippen LogP contribution is -2.27. The number of halogens is 1. The fourth-order valence-corrected chi connectivity index (χ4v) is 2.17. The van der Waals surface area contributed by atoms with E-state index >= 15 is 0 Å².